The van der Waals surface area contributed by atoms with E-state index in [1.807, 2.05) is 18.6 Å². The van der Waals surface area contributed by atoms with Gasteiger partial charge in [0.1, 0.15) is 0 Å². The van der Waals surface area contributed by atoms with Crippen LogP contribution in [-0.4, -0.2) is 18.6 Å². The van der Waals surface area contributed by atoms with E-state index in [0.717, 1.165) is 5.92 Å². The van der Waals surface area contributed by atoms with Crippen molar-refractivity contribution in [3.8, 4) is 0 Å². The fraction of sp³-hybridized carbons (Fsp3) is 1.00. The van der Waals surface area contributed by atoms with Crippen LogP contribution in [0, 0.1) is 5.92 Å². The van der Waals surface area contributed by atoms with Crippen molar-refractivity contribution in [2.45, 2.75) is 18.8 Å². The van der Waals surface area contributed by atoms with Gasteiger partial charge >= 0.3 is 43.3 Å². The zero-order valence-electron chi connectivity index (χ0n) is 5.86. The summed E-state index contributed by atoms with van der Waals surface area (Å²) in [5.74, 6) is 0.912. The molecule has 0 bridgehead atoms. The van der Waals surface area contributed by atoms with Gasteiger partial charge in [0, 0.05) is 0 Å². The number of hydrogen-bond donors (Lipinski definition) is 0. The van der Waals surface area contributed by atoms with Gasteiger partial charge in [0.15, 0.2) is 0 Å². The summed E-state index contributed by atoms with van der Waals surface area (Å²) >= 11 is 1.83. The molecule has 0 saturated carbocycles. The van der Waals surface area contributed by atoms with Gasteiger partial charge < -0.3 is 2.85 Å². The van der Waals surface area contributed by atoms with E-state index in [2.05, 4.69) is 13.8 Å². The molecule has 0 aromatic heterocycles. The quantitative estimate of drug-likeness (QED) is 0.470. The van der Waals surface area contributed by atoms with Gasteiger partial charge in [0.2, 0.25) is 0 Å². The summed E-state index contributed by atoms with van der Waals surface area (Å²) in [4.78, 5) is 1.37. The average Bonchev–Trinajstić information content (AvgIpc) is 1.38. The third-order valence-corrected chi connectivity index (χ3v) is 2.45. The van der Waals surface area contributed by atoms with Gasteiger partial charge in [-0.15, -0.1) is 0 Å². The largest absolute Gasteiger partial charge is 1.00 e. The molecule has 1 heteroatoms. The van der Waals surface area contributed by atoms with Gasteiger partial charge in [-0.3, -0.25) is 0 Å². The molecule has 0 aliphatic carbocycles. The van der Waals surface area contributed by atoms with Crippen molar-refractivity contribution in [2.24, 2.45) is 5.92 Å². The van der Waals surface area contributed by atoms with Crippen LogP contribution in [0.3, 0.4) is 0 Å². The summed E-state index contributed by atoms with van der Waals surface area (Å²) in [7, 11) is 0. The van der Waals surface area contributed by atoms with Gasteiger partial charge in [0.25, 0.3) is 0 Å². The first-order chi connectivity index (χ1) is 2.27. The van der Waals surface area contributed by atoms with Crippen LogP contribution in [0.2, 0.25) is 4.98 Å². The van der Waals surface area contributed by atoms with Gasteiger partial charge in [-0.2, -0.15) is 0 Å². The molecule has 32 valence electrons. The first-order valence-electron chi connectivity index (χ1n) is 1.97. The molecule has 2 radical (unpaired) electrons. The van der Waals surface area contributed by atoms with E-state index in [1.165, 1.54) is 4.98 Å². The topological polar surface area (TPSA) is 0 Å². The third kappa shape index (κ3) is 4.64. The van der Waals surface area contributed by atoms with Crippen LogP contribution in [0.15, 0.2) is 0 Å². The molecule has 0 rings (SSSR count). The van der Waals surface area contributed by atoms with Crippen LogP contribution in [0.5, 0.6) is 0 Å². The molecule has 0 aromatic carbocycles. The Balaban J connectivity index is -0.0000000800. The summed E-state index contributed by atoms with van der Waals surface area (Å²) in [6, 6.07) is 0. The molecule has 0 N–H and O–H groups in total. The Morgan fingerprint density at radius 1 is 1.80 bits per heavy atom. The maximum absolute atomic E-state index is 2.24. The minimum atomic E-state index is 0. The van der Waals surface area contributed by atoms with Crippen LogP contribution < -0.4 is 0 Å². The van der Waals surface area contributed by atoms with E-state index < -0.39 is 0 Å². The molecule has 0 aliphatic rings. The summed E-state index contributed by atoms with van der Waals surface area (Å²) in [5.41, 5.74) is 0. The molecule has 0 aliphatic heterocycles. The second-order valence-corrected chi connectivity index (χ2v) is 2.62. The van der Waals surface area contributed by atoms with E-state index in [0.29, 0.717) is 0 Å². The van der Waals surface area contributed by atoms with Crippen LogP contribution in [0.1, 0.15) is 16.7 Å². The van der Waals surface area contributed by atoms with Crippen molar-refractivity contribution < 1.29 is 2.85 Å². The molecule has 0 nitrogen and oxygen atoms in total. The van der Waals surface area contributed by atoms with Gasteiger partial charge in [-0.1, -0.05) is 0 Å². The zero-order chi connectivity index (χ0) is 4.28. The molecule has 0 amide bonds. The predicted octanol–water partition coefficient (Wildman–Crippen LogP) is 1.45. The Kier molecular flexibility index (Phi) is 3.22. The Hall–Kier alpha value is 0.636. The maximum Gasteiger partial charge on any atom is -1.00 e. The van der Waals surface area contributed by atoms with Crippen molar-refractivity contribution in [2.75, 3.05) is 0 Å². The van der Waals surface area contributed by atoms with Gasteiger partial charge in [-0.05, 0) is 0 Å². The maximum atomic E-state index is 2.24. The Labute approximate surface area is 46.8 Å². The Morgan fingerprint density at radius 2 is 2.00 bits per heavy atom. The zero-order valence-corrected chi connectivity index (χ0v) is 6.28. The summed E-state index contributed by atoms with van der Waals surface area (Å²) in [6.07, 6.45) is 0. The van der Waals surface area contributed by atoms with E-state index in [9.17, 15) is 0 Å². The molecule has 0 unspecified atom stereocenters. The third-order valence-electron chi connectivity index (χ3n) is 0.471. The second kappa shape index (κ2) is 2.85. The number of rotatable bonds is 1. The SMILES string of the molecule is CC(C)[CH2][Ga].[H-].[H-]. The summed E-state index contributed by atoms with van der Waals surface area (Å²) < 4.78 is 0. The molecule has 0 heterocycles. The van der Waals surface area contributed by atoms with E-state index >= 15 is 0 Å². The normalized spacial score (nSPS) is 9.40. The van der Waals surface area contributed by atoms with Crippen LogP contribution in [0.4, 0.5) is 0 Å². The van der Waals surface area contributed by atoms with Crippen LogP contribution >= 0.6 is 0 Å². The van der Waals surface area contributed by atoms with Crippen LogP contribution in [-0.2, 0) is 0 Å². The van der Waals surface area contributed by atoms with Crippen molar-refractivity contribution in [1.29, 1.82) is 0 Å². The van der Waals surface area contributed by atoms with Crippen LogP contribution in [0.25, 0.3) is 0 Å². The molecular formula is C4H11Ga-2. The molecule has 5 heavy (non-hydrogen) atoms. The van der Waals surface area contributed by atoms with Crippen molar-refractivity contribution in [1.82, 2.24) is 0 Å². The average molecular weight is 129 g/mol. The molecular weight excluding hydrogens is 118 g/mol. The molecule has 0 atom stereocenters. The van der Waals surface area contributed by atoms with E-state index in [1.54, 1.807) is 0 Å². The van der Waals surface area contributed by atoms with Gasteiger partial charge in [0.05, 0.1) is 0 Å². The van der Waals surface area contributed by atoms with Crippen molar-refractivity contribution >= 4 is 18.6 Å². The van der Waals surface area contributed by atoms with Crippen molar-refractivity contribution in [3.05, 3.63) is 0 Å². The Bertz CT molecular complexity index is 23.7. The number of hydrogen-bond acceptors (Lipinski definition) is 0. The smallest absolute Gasteiger partial charge is 1.00 e. The van der Waals surface area contributed by atoms with Gasteiger partial charge in [-0.25, -0.2) is 0 Å². The standard InChI is InChI=1S/C4H9.Ga.2H/c1-4(2)3;;;/h4H,1H2,2-3H3;;;/q;;2*-1. The Morgan fingerprint density at radius 3 is 2.00 bits per heavy atom. The molecule has 0 spiro atoms. The van der Waals surface area contributed by atoms with E-state index in [4.69, 9.17) is 0 Å². The molecule has 0 fully saturated rings. The molecule has 0 aromatic rings. The second-order valence-electron chi connectivity index (χ2n) is 1.63. The minimum absolute atomic E-state index is 0. The van der Waals surface area contributed by atoms with E-state index in [-0.39, 0.29) is 2.85 Å². The molecule has 0 saturated heterocycles. The summed E-state index contributed by atoms with van der Waals surface area (Å²) in [6.45, 7) is 4.48. The fourth-order valence-electron chi connectivity index (χ4n) is 0. The first-order valence-corrected chi connectivity index (χ1v) is 3.68. The fourth-order valence-corrected chi connectivity index (χ4v) is 0. The predicted molar refractivity (Wildman–Crippen MR) is 27.6 cm³/mol. The minimum Gasteiger partial charge on any atom is -1.00 e. The van der Waals surface area contributed by atoms with Crippen molar-refractivity contribution in [3.63, 3.8) is 0 Å². The monoisotopic (exact) mass is 128 g/mol. The first kappa shape index (κ1) is 5.64. The summed E-state index contributed by atoms with van der Waals surface area (Å²) in [5, 5.41) is 0.